The number of carbonyl (C=O) groups is 2. The average molecular weight is 644 g/mol. The zero-order chi connectivity index (χ0) is 32.6. The minimum Gasteiger partial charge on any atom is -0.488 e. The lowest BCUT2D eigenvalue weighted by molar-refractivity contribution is -0.265. The zero-order valence-electron chi connectivity index (χ0n) is 23.9. The fraction of sp³-hybridized carbons (Fsp3) is 0.355. The highest BCUT2D eigenvalue weighted by Crippen LogP contribution is 2.48. The maximum Gasteiger partial charge on any atom is 0.424 e. The van der Waals surface area contributed by atoms with E-state index in [1.807, 2.05) is 0 Å². The van der Waals surface area contributed by atoms with Crippen molar-refractivity contribution in [1.29, 1.82) is 0 Å². The van der Waals surface area contributed by atoms with Crippen LogP contribution in [0, 0.1) is 5.82 Å². The molecule has 0 radical (unpaired) electrons. The van der Waals surface area contributed by atoms with Crippen molar-refractivity contribution in [1.82, 2.24) is 20.1 Å². The van der Waals surface area contributed by atoms with E-state index in [9.17, 15) is 32.3 Å². The minimum atomic E-state index is -5.47. The Morgan fingerprint density at radius 3 is 2.48 bits per heavy atom. The van der Waals surface area contributed by atoms with Gasteiger partial charge >= 0.3 is 6.18 Å². The zero-order valence-corrected chi connectivity index (χ0v) is 23.9. The van der Waals surface area contributed by atoms with Crippen molar-refractivity contribution in [2.75, 3.05) is 13.2 Å². The van der Waals surface area contributed by atoms with Crippen LogP contribution in [0.2, 0.25) is 0 Å². The number of halogens is 5. The lowest BCUT2D eigenvalue weighted by Crippen LogP contribution is -2.51. The number of rotatable bonds is 9. The molecule has 2 aliphatic carbocycles. The van der Waals surface area contributed by atoms with Gasteiger partial charge < -0.3 is 25.6 Å². The molecular formula is C31H26F5N5O5. The van der Waals surface area contributed by atoms with Gasteiger partial charge in [-0.2, -0.15) is 18.3 Å². The number of fused-ring (bicyclic) bond motifs is 2. The number of nitrogens with two attached hydrogens (primary N) is 1. The number of alkyl halides is 4. The lowest BCUT2D eigenvalue weighted by Gasteiger charge is -2.31. The van der Waals surface area contributed by atoms with Crippen LogP contribution in [-0.4, -0.2) is 57.1 Å². The van der Waals surface area contributed by atoms with E-state index in [0.717, 1.165) is 49.9 Å². The molecule has 2 amide bonds. The molecule has 0 saturated heterocycles. The van der Waals surface area contributed by atoms with Gasteiger partial charge in [-0.25, -0.2) is 13.8 Å². The fourth-order valence-electron chi connectivity index (χ4n) is 5.32. The predicted octanol–water partition coefficient (Wildman–Crippen LogP) is 4.34. The summed E-state index contributed by atoms with van der Waals surface area (Å²) in [7, 11) is 0. The Morgan fingerprint density at radius 1 is 1.13 bits per heavy atom. The Morgan fingerprint density at radius 2 is 1.85 bits per heavy atom. The van der Waals surface area contributed by atoms with Gasteiger partial charge in [-0.1, -0.05) is 0 Å². The molecule has 2 aromatic heterocycles. The summed E-state index contributed by atoms with van der Waals surface area (Å²) in [4.78, 5) is 29.4. The number of primary amides is 1. The van der Waals surface area contributed by atoms with Crippen molar-refractivity contribution in [2.45, 2.75) is 55.3 Å². The summed E-state index contributed by atoms with van der Waals surface area (Å²) in [6.45, 7) is -2.40. The summed E-state index contributed by atoms with van der Waals surface area (Å²) < 4.78 is 86.6. The third-order valence-electron chi connectivity index (χ3n) is 8.31. The number of ether oxygens (including phenoxy) is 2. The minimum absolute atomic E-state index is 0.00465. The molecule has 10 nitrogen and oxygen atoms in total. The second-order valence-electron chi connectivity index (χ2n) is 11.8. The van der Waals surface area contributed by atoms with Crippen LogP contribution < -0.4 is 20.5 Å². The molecule has 240 valence electrons. The molecular weight excluding hydrogens is 617 g/mol. The van der Waals surface area contributed by atoms with E-state index in [1.54, 1.807) is 10.9 Å². The third kappa shape index (κ3) is 5.07. The Labute approximate surface area is 257 Å². The highest BCUT2D eigenvalue weighted by atomic mass is 19.4. The van der Waals surface area contributed by atoms with Gasteiger partial charge in [0.25, 0.3) is 17.5 Å². The van der Waals surface area contributed by atoms with E-state index in [2.05, 4.69) is 15.4 Å². The molecule has 7 rings (SSSR count). The van der Waals surface area contributed by atoms with Crippen molar-refractivity contribution < 1.29 is 46.1 Å². The van der Waals surface area contributed by atoms with Crippen LogP contribution in [0.4, 0.5) is 22.0 Å². The SMILES string of the molecule is NC(=O)[C@@]1(F)COc2c1cc([C@@](O)(CNC(=O)c1cc(OC3CC3)c3nn(C4CC4)cc3c1)C(F)(F)F)nc2-c1ccc(F)cc1. The number of aromatic nitrogens is 3. The van der Waals surface area contributed by atoms with Gasteiger partial charge in [0, 0.05) is 28.3 Å². The molecule has 2 saturated carbocycles. The van der Waals surface area contributed by atoms with Crippen molar-refractivity contribution in [3.8, 4) is 22.8 Å². The van der Waals surface area contributed by atoms with Crippen LogP contribution in [0.5, 0.6) is 11.5 Å². The molecule has 2 atom stereocenters. The highest BCUT2D eigenvalue weighted by molar-refractivity contribution is 6.00. The number of aliphatic hydroxyl groups is 1. The standard InChI is InChI=1S/C31H26F5N5O5/c32-18-3-1-15(2-4-18)25-26-21(29(33,14-45-26)28(37)43)11-23(39-25)30(44,31(34,35)36)13-38-27(42)16-9-17-12-41(19-5-6-19)40-24(17)22(10-16)46-20-7-8-20/h1-4,9-12,19-20,44H,5-8,13-14H2,(H2,37,43)(H,38,42)/t29-,30+/m1/s1. The quantitative estimate of drug-likeness (QED) is 0.231. The number of pyridine rings is 1. The third-order valence-corrected chi connectivity index (χ3v) is 8.31. The van der Waals surface area contributed by atoms with Gasteiger partial charge in [-0.05, 0) is 68.1 Å². The normalized spacial score (nSPS) is 20.6. The molecule has 0 unspecified atom stereocenters. The molecule has 2 fully saturated rings. The summed E-state index contributed by atoms with van der Waals surface area (Å²) in [5.41, 5.74) is -3.46. The number of nitrogens with one attached hydrogen (secondary N) is 1. The molecule has 15 heteroatoms. The molecule has 3 heterocycles. The molecule has 0 bridgehead atoms. The van der Waals surface area contributed by atoms with Crippen LogP contribution in [-0.2, 0) is 16.1 Å². The maximum atomic E-state index is 15.8. The summed E-state index contributed by atoms with van der Waals surface area (Å²) in [6.07, 6.45) is -0.261. The Balaban J connectivity index is 1.26. The van der Waals surface area contributed by atoms with Crippen molar-refractivity contribution in [3.63, 3.8) is 0 Å². The van der Waals surface area contributed by atoms with Crippen LogP contribution in [0.3, 0.4) is 0 Å². The van der Waals surface area contributed by atoms with E-state index in [1.165, 1.54) is 12.1 Å². The molecule has 4 N–H and O–H groups in total. The molecule has 3 aliphatic rings. The predicted molar refractivity (Wildman–Crippen MR) is 151 cm³/mol. The first-order valence-electron chi connectivity index (χ1n) is 14.5. The van der Waals surface area contributed by atoms with Crippen molar-refractivity contribution in [3.05, 3.63) is 71.3 Å². The molecule has 46 heavy (non-hydrogen) atoms. The van der Waals surface area contributed by atoms with E-state index in [-0.39, 0.29) is 23.3 Å². The summed E-state index contributed by atoms with van der Waals surface area (Å²) >= 11 is 0. The van der Waals surface area contributed by atoms with Crippen LogP contribution >= 0.6 is 0 Å². The van der Waals surface area contributed by atoms with Crippen LogP contribution in [0.15, 0.2) is 48.7 Å². The Hall–Kier alpha value is -4.79. The van der Waals surface area contributed by atoms with Crippen LogP contribution in [0.25, 0.3) is 22.2 Å². The summed E-state index contributed by atoms with van der Waals surface area (Å²) in [6, 6.07) is 7.91. The second kappa shape index (κ2) is 10.4. The monoisotopic (exact) mass is 643 g/mol. The highest BCUT2D eigenvalue weighted by Gasteiger charge is 2.58. The van der Waals surface area contributed by atoms with Gasteiger partial charge in [0.15, 0.2) is 5.75 Å². The van der Waals surface area contributed by atoms with E-state index in [0.29, 0.717) is 22.7 Å². The number of nitrogens with zero attached hydrogens (tertiary/aromatic N) is 3. The topological polar surface area (TPSA) is 142 Å². The number of benzene rings is 2. The summed E-state index contributed by atoms with van der Waals surface area (Å²) in [5.74, 6) is -3.27. The first kappa shape index (κ1) is 29.9. The molecule has 1 aliphatic heterocycles. The van der Waals surface area contributed by atoms with E-state index < -0.39 is 70.9 Å². The van der Waals surface area contributed by atoms with Crippen molar-refractivity contribution in [2.24, 2.45) is 5.73 Å². The van der Waals surface area contributed by atoms with E-state index in [4.69, 9.17) is 15.2 Å². The van der Waals surface area contributed by atoms with Gasteiger partial charge in [-0.15, -0.1) is 0 Å². The van der Waals surface area contributed by atoms with E-state index >= 15 is 4.39 Å². The fourth-order valence-corrected chi connectivity index (χ4v) is 5.32. The van der Waals surface area contributed by atoms with Gasteiger partial charge in [-0.3, -0.25) is 14.3 Å². The second-order valence-corrected chi connectivity index (χ2v) is 11.8. The maximum absolute atomic E-state index is 15.8. The lowest BCUT2D eigenvalue weighted by atomic mass is 9.90. The van der Waals surface area contributed by atoms with Gasteiger partial charge in [0.2, 0.25) is 5.60 Å². The first-order chi connectivity index (χ1) is 21.8. The Bertz CT molecular complexity index is 1890. The number of amides is 2. The number of hydrogen-bond donors (Lipinski definition) is 3. The van der Waals surface area contributed by atoms with Crippen molar-refractivity contribution >= 4 is 22.7 Å². The van der Waals surface area contributed by atoms with Gasteiger partial charge in [0.1, 0.15) is 29.4 Å². The number of hydrogen-bond acceptors (Lipinski definition) is 7. The number of carbonyl (C=O) groups excluding carboxylic acids is 2. The van der Waals surface area contributed by atoms with Gasteiger partial charge in [0.05, 0.1) is 24.4 Å². The smallest absolute Gasteiger partial charge is 0.424 e. The molecule has 0 spiro atoms. The molecule has 4 aromatic rings. The summed E-state index contributed by atoms with van der Waals surface area (Å²) in [5, 5.41) is 18.5. The largest absolute Gasteiger partial charge is 0.488 e. The average Bonchev–Trinajstić information content (AvgIpc) is 3.95. The Kier molecular flexibility index (Phi) is 6.74. The molecule has 2 aromatic carbocycles. The first-order valence-corrected chi connectivity index (χ1v) is 14.5. The van der Waals surface area contributed by atoms with Crippen LogP contribution in [0.1, 0.15) is 53.3 Å².